The number of rotatable bonds is 7. The van der Waals surface area contributed by atoms with Crippen LogP contribution in [0.5, 0.6) is 0 Å². The van der Waals surface area contributed by atoms with Crippen LogP contribution in [0, 0.1) is 11.7 Å². The third-order valence-corrected chi connectivity index (χ3v) is 5.63. The maximum Gasteiger partial charge on any atom is 0.264 e. The SMILES string of the molecule is CC(=O)Nc1ccc(S(=O)(=O)N(CCC(C)C)c2ccc(F)cc2)cc1. The van der Waals surface area contributed by atoms with E-state index in [9.17, 15) is 17.6 Å². The number of carbonyl (C=O) groups excluding carboxylic acids is 1. The standard InChI is InChI=1S/C19H23FN2O3S/c1-14(2)12-13-22(18-8-4-16(20)5-9-18)26(24,25)19-10-6-17(7-11-19)21-15(3)23/h4-11,14H,12-13H2,1-3H3,(H,21,23). The maximum absolute atomic E-state index is 13.2. The molecule has 0 saturated heterocycles. The van der Waals surface area contributed by atoms with Gasteiger partial charge in [0.05, 0.1) is 10.6 Å². The van der Waals surface area contributed by atoms with Crippen molar-refractivity contribution in [1.29, 1.82) is 0 Å². The van der Waals surface area contributed by atoms with E-state index in [2.05, 4.69) is 5.32 Å². The Morgan fingerprint density at radius 3 is 2.15 bits per heavy atom. The minimum Gasteiger partial charge on any atom is -0.326 e. The summed E-state index contributed by atoms with van der Waals surface area (Å²) in [5, 5.41) is 2.60. The molecule has 0 aliphatic rings. The molecule has 5 nitrogen and oxygen atoms in total. The Bertz CT molecular complexity index is 847. The average molecular weight is 378 g/mol. The smallest absolute Gasteiger partial charge is 0.264 e. The van der Waals surface area contributed by atoms with Crippen molar-refractivity contribution in [3.05, 3.63) is 54.3 Å². The molecule has 1 amide bonds. The van der Waals surface area contributed by atoms with Crippen molar-refractivity contribution in [2.45, 2.75) is 32.1 Å². The van der Waals surface area contributed by atoms with Gasteiger partial charge in [0.15, 0.2) is 0 Å². The van der Waals surface area contributed by atoms with Crippen molar-refractivity contribution in [2.24, 2.45) is 5.92 Å². The van der Waals surface area contributed by atoms with Crippen LogP contribution in [0.3, 0.4) is 0 Å². The van der Waals surface area contributed by atoms with Crippen LogP contribution in [0.25, 0.3) is 0 Å². The molecule has 2 aromatic rings. The lowest BCUT2D eigenvalue weighted by Crippen LogP contribution is -2.32. The number of amides is 1. The predicted octanol–water partition coefficient (Wildman–Crippen LogP) is 4.03. The minimum atomic E-state index is -3.81. The van der Waals surface area contributed by atoms with E-state index < -0.39 is 15.8 Å². The highest BCUT2D eigenvalue weighted by Crippen LogP contribution is 2.26. The van der Waals surface area contributed by atoms with E-state index in [-0.39, 0.29) is 10.8 Å². The third-order valence-electron chi connectivity index (χ3n) is 3.79. The fourth-order valence-electron chi connectivity index (χ4n) is 2.41. The van der Waals surface area contributed by atoms with Crippen molar-refractivity contribution in [2.75, 3.05) is 16.2 Å². The molecule has 0 spiro atoms. The maximum atomic E-state index is 13.2. The molecule has 2 rings (SSSR count). The zero-order chi connectivity index (χ0) is 19.3. The fourth-order valence-corrected chi connectivity index (χ4v) is 3.89. The van der Waals surface area contributed by atoms with Gasteiger partial charge in [-0.15, -0.1) is 0 Å². The van der Waals surface area contributed by atoms with Gasteiger partial charge in [0.25, 0.3) is 10.0 Å². The van der Waals surface area contributed by atoms with E-state index >= 15 is 0 Å². The molecule has 1 N–H and O–H groups in total. The lowest BCUT2D eigenvalue weighted by molar-refractivity contribution is -0.114. The Kier molecular flexibility index (Phi) is 6.37. The molecule has 0 atom stereocenters. The average Bonchev–Trinajstić information content (AvgIpc) is 2.56. The molecule has 0 bridgehead atoms. The van der Waals surface area contributed by atoms with Gasteiger partial charge in [0.2, 0.25) is 5.91 Å². The van der Waals surface area contributed by atoms with Gasteiger partial charge in [-0.25, -0.2) is 12.8 Å². The summed E-state index contributed by atoms with van der Waals surface area (Å²) in [5.41, 5.74) is 0.935. The lowest BCUT2D eigenvalue weighted by atomic mass is 10.1. The Morgan fingerprint density at radius 2 is 1.65 bits per heavy atom. The highest BCUT2D eigenvalue weighted by atomic mass is 32.2. The van der Waals surface area contributed by atoms with Crippen LogP contribution in [-0.4, -0.2) is 20.9 Å². The second-order valence-electron chi connectivity index (χ2n) is 6.44. The molecule has 0 aromatic heterocycles. The minimum absolute atomic E-state index is 0.111. The Balaban J connectivity index is 2.37. The first kappa shape index (κ1) is 19.9. The van der Waals surface area contributed by atoms with E-state index in [0.29, 0.717) is 30.3 Å². The predicted molar refractivity (Wildman–Crippen MR) is 101 cm³/mol. The van der Waals surface area contributed by atoms with Gasteiger partial charge >= 0.3 is 0 Å². The van der Waals surface area contributed by atoms with Crippen LogP contribution in [0.1, 0.15) is 27.2 Å². The van der Waals surface area contributed by atoms with Crippen molar-refractivity contribution >= 4 is 27.3 Å². The first-order chi connectivity index (χ1) is 12.2. The molecule has 0 saturated carbocycles. The van der Waals surface area contributed by atoms with Gasteiger partial charge in [-0.1, -0.05) is 13.8 Å². The molecule has 0 fully saturated rings. The molecule has 0 aliphatic heterocycles. The van der Waals surface area contributed by atoms with Crippen LogP contribution >= 0.6 is 0 Å². The molecular weight excluding hydrogens is 355 g/mol. The quantitative estimate of drug-likeness (QED) is 0.791. The van der Waals surface area contributed by atoms with Crippen molar-refractivity contribution in [1.82, 2.24) is 0 Å². The summed E-state index contributed by atoms with van der Waals surface area (Å²) in [6, 6.07) is 11.4. The number of halogens is 1. The van der Waals surface area contributed by atoms with E-state index in [0.717, 1.165) is 0 Å². The first-order valence-corrected chi connectivity index (χ1v) is 9.80. The van der Waals surface area contributed by atoms with Crippen LogP contribution in [0.4, 0.5) is 15.8 Å². The van der Waals surface area contributed by atoms with Crippen molar-refractivity contribution in [3.63, 3.8) is 0 Å². The van der Waals surface area contributed by atoms with Gasteiger partial charge in [-0.3, -0.25) is 9.10 Å². The fraction of sp³-hybridized carbons (Fsp3) is 0.316. The molecule has 7 heteroatoms. The summed E-state index contributed by atoms with van der Waals surface area (Å²) >= 11 is 0. The molecule has 0 radical (unpaired) electrons. The summed E-state index contributed by atoms with van der Waals surface area (Å²) in [6.07, 6.45) is 0.667. The topological polar surface area (TPSA) is 66.5 Å². The third kappa shape index (κ3) is 5.05. The highest BCUT2D eigenvalue weighted by molar-refractivity contribution is 7.92. The van der Waals surface area contributed by atoms with E-state index in [1.165, 1.54) is 47.6 Å². The first-order valence-electron chi connectivity index (χ1n) is 8.36. The van der Waals surface area contributed by atoms with Gasteiger partial charge in [-0.2, -0.15) is 0 Å². The summed E-state index contributed by atoms with van der Waals surface area (Å²) in [5.74, 6) is -0.338. The highest BCUT2D eigenvalue weighted by Gasteiger charge is 2.25. The summed E-state index contributed by atoms with van der Waals surface area (Å²) < 4.78 is 40.7. The number of nitrogens with zero attached hydrogens (tertiary/aromatic N) is 1. The largest absolute Gasteiger partial charge is 0.326 e. The summed E-state index contributed by atoms with van der Waals surface area (Å²) in [4.78, 5) is 11.2. The second-order valence-corrected chi connectivity index (χ2v) is 8.30. The number of hydrogen-bond acceptors (Lipinski definition) is 3. The van der Waals surface area contributed by atoms with Crippen LogP contribution < -0.4 is 9.62 Å². The van der Waals surface area contributed by atoms with E-state index in [4.69, 9.17) is 0 Å². The molecule has 0 aliphatic carbocycles. The van der Waals surface area contributed by atoms with Crippen LogP contribution in [0.15, 0.2) is 53.4 Å². The molecular formula is C19H23FN2O3S. The van der Waals surface area contributed by atoms with E-state index in [1.807, 2.05) is 13.8 Å². The zero-order valence-corrected chi connectivity index (χ0v) is 15.9. The Labute approximate surface area is 153 Å². The van der Waals surface area contributed by atoms with Gasteiger partial charge < -0.3 is 5.32 Å². The Morgan fingerprint density at radius 1 is 1.08 bits per heavy atom. The van der Waals surface area contributed by atoms with Crippen molar-refractivity contribution < 1.29 is 17.6 Å². The van der Waals surface area contributed by atoms with Gasteiger partial charge in [0, 0.05) is 19.2 Å². The second kappa shape index (κ2) is 8.31. The zero-order valence-electron chi connectivity index (χ0n) is 15.1. The molecule has 26 heavy (non-hydrogen) atoms. The van der Waals surface area contributed by atoms with Crippen molar-refractivity contribution in [3.8, 4) is 0 Å². The van der Waals surface area contributed by atoms with E-state index in [1.54, 1.807) is 12.1 Å². The van der Waals surface area contributed by atoms with Gasteiger partial charge in [0.1, 0.15) is 5.82 Å². The lowest BCUT2D eigenvalue weighted by Gasteiger charge is -2.25. The number of anilines is 2. The molecule has 2 aromatic carbocycles. The number of sulfonamides is 1. The Hall–Kier alpha value is -2.41. The molecule has 0 unspecified atom stereocenters. The van der Waals surface area contributed by atoms with Crippen LogP contribution in [-0.2, 0) is 14.8 Å². The number of hydrogen-bond donors (Lipinski definition) is 1. The number of carbonyl (C=O) groups is 1. The van der Waals surface area contributed by atoms with Gasteiger partial charge in [-0.05, 0) is 60.9 Å². The number of nitrogens with one attached hydrogen (secondary N) is 1. The normalized spacial score (nSPS) is 11.4. The monoisotopic (exact) mass is 378 g/mol. The summed E-state index contributed by atoms with van der Waals surface area (Å²) in [6.45, 7) is 5.70. The molecule has 140 valence electrons. The number of benzene rings is 2. The molecule has 0 heterocycles. The van der Waals surface area contributed by atoms with Crippen LogP contribution in [0.2, 0.25) is 0 Å². The summed E-state index contributed by atoms with van der Waals surface area (Å²) in [7, 11) is -3.81.